The molecule has 0 aliphatic carbocycles. The fourth-order valence-corrected chi connectivity index (χ4v) is 4.50. The van der Waals surface area contributed by atoms with Crippen molar-refractivity contribution in [2.24, 2.45) is 5.41 Å². The van der Waals surface area contributed by atoms with Crippen LogP contribution in [0.4, 0.5) is 0 Å². The van der Waals surface area contributed by atoms with E-state index in [0.717, 1.165) is 0 Å². The Bertz CT molecular complexity index is 319. The average molecular weight is 255 g/mol. The van der Waals surface area contributed by atoms with E-state index >= 15 is 0 Å². The lowest BCUT2D eigenvalue weighted by Crippen LogP contribution is -2.47. The normalized spacial score (nSPS) is 26.6. The summed E-state index contributed by atoms with van der Waals surface area (Å²) in [6, 6.07) is 5.50. The van der Waals surface area contributed by atoms with Gasteiger partial charge in [-0.2, -0.15) is 11.8 Å². The number of rotatable bonds is 3. The fourth-order valence-electron chi connectivity index (χ4n) is 2.13. The van der Waals surface area contributed by atoms with Gasteiger partial charge in [-0.1, -0.05) is 19.9 Å². The third-order valence-corrected chi connectivity index (χ3v) is 5.66. The molecule has 3 heteroatoms. The molecule has 1 N–H and O–H groups in total. The lowest BCUT2D eigenvalue weighted by Gasteiger charge is -2.40. The van der Waals surface area contributed by atoms with Gasteiger partial charge in [-0.25, -0.2) is 0 Å². The first-order valence-electron chi connectivity index (χ1n) is 5.97. The van der Waals surface area contributed by atoms with Crippen LogP contribution in [0.5, 0.6) is 0 Å². The number of nitrogens with one attached hydrogen (secondary N) is 1. The zero-order valence-corrected chi connectivity index (χ0v) is 12.0. The molecular weight excluding hydrogens is 234 g/mol. The minimum absolute atomic E-state index is 0.441. The molecule has 1 aliphatic heterocycles. The van der Waals surface area contributed by atoms with Crippen LogP contribution in [-0.2, 0) is 0 Å². The van der Waals surface area contributed by atoms with Crippen molar-refractivity contribution in [3.05, 3.63) is 22.4 Å². The van der Waals surface area contributed by atoms with Gasteiger partial charge in [0.15, 0.2) is 0 Å². The number of thioether (sulfide) groups is 1. The molecule has 1 aliphatic rings. The van der Waals surface area contributed by atoms with Gasteiger partial charge in [0.05, 0.1) is 0 Å². The fraction of sp³-hybridized carbons (Fsp3) is 0.692. The lowest BCUT2D eigenvalue weighted by atomic mass is 9.82. The molecule has 1 aromatic rings. The van der Waals surface area contributed by atoms with Gasteiger partial charge in [0, 0.05) is 22.7 Å². The Hall–Kier alpha value is 0.01000. The Balaban J connectivity index is 1.98. The minimum atomic E-state index is 0.441. The molecule has 2 atom stereocenters. The lowest BCUT2D eigenvalue weighted by molar-refractivity contribution is 0.232. The Morgan fingerprint density at radius 1 is 1.50 bits per heavy atom. The monoisotopic (exact) mass is 255 g/mol. The van der Waals surface area contributed by atoms with Crippen LogP contribution in [-0.4, -0.2) is 17.5 Å². The summed E-state index contributed by atoms with van der Waals surface area (Å²) in [5.41, 5.74) is 0.441. The van der Waals surface area contributed by atoms with Gasteiger partial charge < -0.3 is 5.32 Å². The van der Waals surface area contributed by atoms with Gasteiger partial charge in [0.1, 0.15) is 0 Å². The van der Waals surface area contributed by atoms with Crippen molar-refractivity contribution >= 4 is 23.1 Å². The molecule has 2 heterocycles. The molecule has 1 aromatic heterocycles. The maximum absolute atomic E-state index is 3.80. The molecule has 0 saturated carbocycles. The second kappa shape index (κ2) is 5.11. The molecular formula is C13H21NS2. The predicted molar refractivity (Wildman–Crippen MR) is 75.4 cm³/mol. The Morgan fingerprint density at radius 3 is 2.94 bits per heavy atom. The van der Waals surface area contributed by atoms with Crippen LogP contribution < -0.4 is 5.32 Å². The maximum Gasteiger partial charge on any atom is 0.0388 e. The van der Waals surface area contributed by atoms with Gasteiger partial charge in [-0.05, 0) is 36.0 Å². The first-order chi connectivity index (χ1) is 7.59. The molecule has 1 fully saturated rings. The van der Waals surface area contributed by atoms with Crippen LogP contribution in [0.3, 0.4) is 0 Å². The van der Waals surface area contributed by atoms with Crippen molar-refractivity contribution in [3.8, 4) is 0 Å². The van der Waals surface area contributed by atoms with Crippen LogP contribution in [0.1, 0.15) is 38.1 Å². The van der Waals surface area contributed by atoms with Crippen molar-refractivity contribution in [1.29, 1.82) is 0 Å². The molecule has 16 heavy (non-hydrogen) atoms. The smallest absolute Gasteiger partial charge is 0.0388 e. The van der Waals surface area contributed by atoms with Crippen LogP contribution >= 0.6 is 23.1 Å². The largest absolute Gasteiger partial charge is 0.305 e. The molecule has 0 radical (unpaired) electrons. The van der Waals surface area contributed by atoms with Crippen LogP contribution in [0.25, 0.3) is 0 Å². The molecule has 0 spiro atoms. The summed E-state index contributed by atoms with van der Waals surface area (Å²) in [6.07, 6.45) is 1.33. The van der Waals surface area contributed by atoms with E-state index in [1.165, 1.54) is 22.8 Å². The topological polar surface area (TPSA) is 12.0 Å². The van der Waals surface area contributed by atoms with Gasteiger partial charge in [-0.3, -0.25) is 0 Å². The number of hydrogen-bond acceptors (Lipinski definition) is 3. The molecule has 2 unspecified atom stereocenters. The number of thiophene rings is 1. The Labute approximate surface area is 107 Å². The summed E-state index contributed by atoms with van der Waals surface area (Å²) in [5, 5.41) is 5.96. The van der Waals surface area contributed by atoms with Crippen molar-refractivity contribution in [3.63, 3.8) is 0 Å². The predicted octanol–water partition coefficient (Wildman–Crippen LogP) is 3.93. The molecule has 1 saturated heterocycles. The summed E-state index contributed by atoms with van der Waals surface area (Å²) < 4.78 is 0. The van der Waals surface area contributed by atoms with E-state index in [0.29, 0.717) is 17.5 Å². The van der Waals surface area contributed by atoms with E-state index in [1.807, 2.05) is 11.3 Å². The van der Waals surface area contributed by atoms with Crippen LogP contribution in [0.2, 0.25) is 0 Å². The van der Waals surface area contributed by atoms with Crippen molar-refractivity contribution in [2.75, 3.05) is 11.5 Å². The number of hydrogen-bond donors (Lipinski definition) is 1. The van der Waals surface area contributed by atoms with E-state index in [-0.39, 0.29) is 0 Å². The summed E-state index contributed by atoms with van der Waals surface area (Å²) in [6.45, 7) is 7.07. The highest BCUT2D eigenvalue weighted by atomic mass is 32.2. The average Bonchev–Trinajstić information content (AvgIpc) is 2.74. The summed E-state index contributed by atoms with van der Waals surface area (Å²) in [4.78, 5) is 1.45. The quantitative estimate of drug-likeness (QED) is 0.878. The van der Waals surface area contributed by atoms with Crippen molar-refractivity contribution in [2.45, 2.75) is 39.3 Å². The molecule has 1 nitrogen and oxygen atoms in total. The first-order valence-corrected chi connectivity index (χ1v) is 8.00. The highest BCUT2D eigenvalue weighted by molar-refractivity contribution is 7.99. The Morgan fingerprint density at radius 2 is 2.31 bits per heavy atom. The molecule has 0 aromatic carbocycles. The molecule has 90 valence electrons. The summed E-state index contributed by atoms with van der Waals surface area (Å²) >= 11 is 3.94. The maximum atomic E-state index is 3.80. The molecule has 0 bridgehead atoms. The van der Waals surface area contributed by atoms with Crippen LogP contribution in [0.15, 0.2) is 17.5 Å². The van der Waals surface area contributed by atoms with Gasteiger partial charge in [0.2, 0.25) is 0 Å². The van der Waals surface area contributed by atoms with E-state index in [9.17, 15) is 0 Å². The summed E-state index contributed by atoms with van der Waals surface area (Å²) in [5.74, 6) is 2.57. The SMILES string of the molecule is CC(NC1CSCCC1(C)C)c1cccs1. The minimum Gasteiger partial charge on any atom is -0.305 e. The van der Waals surface area contributed by atoms with Gasteiger partial charge >= 0.3 is 0 Å². The van der Waals surface area contributed by atoms with E-state index in [4.69, 9.17) is 0 Å². The zero-order chi connectivity index (χ0) is 11.6. The van der Waals surface area contributed by atoms with Crippen LogP contribution in [0, 0.1) is 5.41 Å². The first kappa shape index (κ1) is 12.5. The van der Waals surface area contributed by atoms with E-state index in [2.05, 4.69) is 55.4 Å². The van der Waals surface area contributed by atoms with Crippen molar-refractivity contribution in [1.82, 2.24) is 5.32 Å². The van der Waals surface area contributed by atoms with E-state index in [1.54, 1.807) is 0 Å². The zero-order valence-electron chi connectivity index (χ0n) is 10.3. The third-order valence-electron chi connectivity index (χ3n) is 3.54. The third kappa shape index (κ3) is 2.82. The van der Waals surface area contributed by atoms with Crippen molar-refractivity contribution < 1.29 is 0 Å². The van der Waals surface area contributed by atoms with Gasteiger partial charge in [0.25, 0.3) is 0 Å². The van der Waals surface area contributed by atoms with Gasteiger partial charge in [-0.15, -0.1) is 11.3 Å². The Kier molecular flexibility index (Phi) is 3.98. The highest BCUT2D eigenvalue weighted by Gasteiger charge is 2.33. The molecule has 2 rings (SSSR count). The molecule has 0 amide bonds. The highest BCUT2D eigenvalue weighted by Crippen LogP contribution is 2.35. The summed E-state index contributed by atoms with van der Waals surface area (Å²) in [7, 11) is 0. The standard InChI is InChI=1S/C13H21NS2/c1-10(11-5-4-7-16-11)14-12-9-15-8-6-13(12,2)3/h4-5,7,10,12,14H,6,8-9H2,1-3H3. The van der Waals surface area contributed by atoms with E-state index < -0.39 is 0 Å². The second-order valence-electron chi connectivity index (χ2n) is 5.27. The second-order valence-corrected chi connectivity index (χ2v) is 7.40.